The van der Waals surface area contributed by atoms with Crippen LogP contribution in [0.2, 0.25) is 0 Å². The maximum absolute atomic E-state index is 8.86. The van der Waals surface area contributed by atoms with Gasteiger partial charge in [0.1, 0.15) is 17.5 Å². The van der Waals surface area contributed by atoms with Gasteiger partial charge in [0, 0.05) is 17.8 Å². The van der Waals surface area contributed by atoms with Gasteiger partial charge in [0.25, 0.3) is 0 Å². The molecule has 1 fully saturated rings. The topological polar surface area (TPSA) is 57.9 Å². The highest BCUT2D eigenvalue weighted by molar-refractivity contribution is 5.32. The van der Waals surface area contributed by atoms with Crippen molar-refractivity contribution in [2.45, 2.75) is 32.3 Å². The summed E-state index contributed by atoms with van der Waals surface area (Å²) < 4.78 is 5.93. The number of ether oxygens (including phenoxy) is 1. The molecule has 2 rings (SSSR count). The van der Waals surface area contributed by atoms with Crippen LogP contribution in [0.15, 0.2) is 12.1 Å². The number of pyridine rings is 1. The third-order valence-electron chi connectivity index (χ3n) is 2.87. The Labute approximate surface area is 102 Å². The summed E-state index contributed by atoms with van der Waals surface area (Å²) in [4.78, 5) is 4.11. The SMILES string of the molecule is Cc1cc(OC2CCCNCC2)cc(C#N)n1. The Bertz CT molecular complexity index is 417. The number of nitrogens with zero attached hydrogens (tertiary/aromatic N) is 2. The number of aromatic nitrogens is 1. The molecule has 1 aliphatic rings. The second-order valence-corrected chi connectivity index (χ2v) is 4.36. The molecule has 1 aliphatic heterocycles. The molecule has 0 spiro atoms. The van der Waals surface area contributed by atoms with Gasteiger partial charge in [0.15, 0.2) is 0 Å². The monoisotopic (exact) mass is 231 g/mol. The van der Waals surface area contributed by atoms with E-state index in [9.17, 15) is 0 Å². The third kappa shape index (κ3) is 3.43. The van der Waals surface area contributed by atoms with Gasteiger partial charge < -0.3 is 10.1 Å². The standard InChI is InChI=1S/C13H17N3O/c1-10-7-13(8-11(9-14)16-10)17-12-3-2-5-15-6-4-12/h7-8,12,15H,2-6H2,1H3. The second-order valence-electron chi connectivity index (χ2n) is 4.36. The summed E-state index contributed by atoms with van der Waals surface area (Å²) in [5, 5.41) is 12.2. The molecule has 0 bridgehead atoms. The Hall–Kier alpha value is -1.60. The van der Waals surface area contributed by atoms with Crippen LogP contribution in [0.5, 0.6) is 5.75 Å². The van der Waals surface area contributed by atoms with E-state index in [0.29, 0.717) is 5.69 Å². The summed E-state index contributed by atoms with van der Waals surface area (Å²) in [6.07, 6.45) is 3.47. The van der Waals surface area contributed by atoms with Gasteiger partial charge in [-0.05, 0) is 39.3 Å². The van der Waals surface area contributed by atoms with Crippen molar-refractivity contribution >= 4 is 0 Å². The third-order valence-corrected chi connectivity index (χ3v) is 2.87. The van der Waals surface area contributed by atoms with E-state index in [2.05, 4.69) is 16.4 Å². The first-order valence-electron chi connectivity index (χ1n) is 6.04. The van der Waals surface area contributed by atoms with Crippen LogP contribution in [-0.4, -0.2) is 24.2 Å². The average molecular weight is 231 g/mol. The molecule has 0 aliphatic carbocycles. The Morgan fingerprint density at radius 1 is 1.41 bits per heavy atom. The van der Waals surface area contributed by atoms with E-state index in [-0.39, 0.29) is 6.10 Å². The van der Waals surface area contributed by atoms with Crippen molar-refractivity contribution < 1.29 is 4.74 Å². The smallest absolute Gasteiger partial charge is 0.144 e. The first kappa shape index (κ1) is 11.9. The minimum absolute atomic E-state index is 0.248. The molecule has 2 heterocycles. The van der Waals surface area contributed by atoms with Crippen LogP contribution in [0.1, 0.15) is 30.7 Å². The fourth-order valence-electron chi connectivity index (χ4n) is 2.06. The van der Waals surface area contributed by atoms with Gasteiger partial charge in [-0.15, -0.1) is 0 Å². The van der Waals surface area contributed by atoms with Crippen LogP contribution in [0.25, 0.3) is 0 Å². The Morgan fingerprint density at radius 2 is 2.29 bits per heavy atom. The molecule has 0 saturated carbocycles. The molecule has 4 nitrogen and oxygen atoms in total. The molecular formula is C13H17N3O. The molecule has 1 saturated heterocycles. The predicted octanol–water partition coefficient (Wildman–Crippen LogP) is 1.78. The molecule has 0 radical (unpaired) electrons. The number of aryl methyl sites for hydroxylation is 1. The predicted molar refractivity (Wildman–Crippen MR) is 64.8 cm³/mol. The zero-order valence-corrected chi connectivity index (χ0v) is 10.1. The molecule has 1 atom stereocenters. The van der Waals surface area contributed by atoms with E-state index < -0.39 is 0 Å². The lowest BCUT2D eigenvalue weighted by atomic mass is 10.1. The molecule has 17 heavy (non-hydrogen) atoms. The lowest BCUT2D eigenvalue weighted by molar-refractivity contribution is 0.187. The zero-order chi connectivity index (χ0) is 12.1. The van der Waals surface area contributed by atoms with Gasteiger partial charge >= 0.3 is 0 Å². The van der Waals surface area contributed by atoms with Crippen molar-refractivity contribution in [2.24, 2.45) is 0 Å². The summed E-state index contributed by atoms with van der Waals surface area (Å²) in [7, 11) is 0. The van der Waals surface area contributed by atoms with Gasteiger partial charge in [-0.2, -0.15) is 5.26 Å². The van der Waals surface area contributed by atoms with Crippen LogP contribution in [0.3, 0.4) is 0 Å². The Balaban J connectivity index is 2.06. The molecule has 0 aromatic carbocycles. The summed E-state index contributed by atoms with van der Waals surface area (Å²) >= 11 is 0. The van der Waals surface area contributed by atoms with Crippen LogP contribution in [-0.2, 0) is 0 Å². The van der Waals surface area contributed by atoms with E-state index in [4.69, 9.17) is 10.00 Å². The van der Waals surface area contributed by atoms with Crippen LogP contribution in [0, 0.1) is 18.3 Å². The van der Waals surface area contributed by atoms with E-state index in [1.807, 2.05) is 13.0 Å². The minimum Gasteiger partial charge on any atom is -0.490 e. The Kier molecular flexibility index (Phi) is 3.94. The van der Waals surface area contributed by atoms with Crippen LogP contribution < -0.4 is 10.1 Å². The normalized spacial score (nSPS) is 20.4. The molecule has 1 aromatic rings. The second kappa shape index (κ2) is 5.65. The van der Waals surface area contributed by atoms with Gasteiger partial charge in [-0.3, -0.25) is 0 Å². The highest BCUT2D eigenvalue weighted by Crippen LogP contribution is 2.19. The van der Waals surface area contributed by atoms with Crippen molar-refractivity contribution in [3.8, 4) is 11.8 Å². The highest BCUT2D eigenvalue weighted by Gasteiger charge is 2.13. The number of nitrogens with one attached hydrogen (secondary N) is 1. The largest absolute Gasteiger partial charge is 0.490 e. The molecule has 1 N–H and O–H groups in total. The first-order chi connectivity index (χ1) is 8.28. The van der Waals surface area contributed by atoms with Gasteiger partial charge in [-0.1, -0.05) is 0 Å². The lowest BCUT2D eigenvalue weighted by Gasteiger charge is -2.16. The summed E-state index contributed by atoms with van der Waals surface area (Å²) in [5.74, 6) is 0.765. The van der Waals surface area contributed by atoms with Crippen molar-refractivity contribution in [1.29, 1.82) is 5.26 Å². The minimum atomic E-state index is 0.248. The summed E-state index contributed by atoms with van der Waals surface area (Å²) in [6, 6.07) is 5.66. The van der Waals surface area contributed by atoms with Gasteiger partial charge in [-0.25, -0.2) is 4.98 Å². The number of rotatable bonds is 2. The van der Waals surface area contributed by atoms with Crippen molar-refractivity contribution in [3.63, 3.8) is 0 Å². The highest BCUT2D eigenvalue weighted by atomic mass is 16.5. The fraction of sp³-hybridized carbons (Fsp3) is 0.538. The molecule has 90 valence electrons. The first-order valence-corrected chi connectivity index (χ1v) is 6.04. The van der Waals surface area contributed by atoms with Crippen molar-refractivity contribution in [2.75, 3.05) is 13.1 Å². The lowest BCUT2D eigenvalue weighted by Crippen LogP contribution is -2.19. The van der Waals surface area contributed by atoms with E-state index in [1.165, 1.54) is 0 Å². The number of hydrogen-bond donors (Lipinski definition) is 1. The molecular weight excluding hydrogens is 214 g/mol. The molecule has 4 heteroatoms. The van der Waals surface area contributed by atoms with Gasteiger partial charge in [0.2, 0.25) is 0 Å². The zero-order valence-electron chi connectivity index (χ0n) is 10.1. The van der Waals surface area contributed by atoms with Crippen molar-refractivity contribution in [1.82, 2.24) is 10.3 Å². The van der Waals surface area contributed by atoms with E-state index >= 15 is 0 Å². The maximum Gasteiger partial charge on any atom is 0.144 e. The maximum atomic E-state index is 8.86. The van der Waals surface area contributed by atoms with E-state index in [1.54, 1.807) is 6.07 Å². The quantitative estimate of drug-likeness (QED) is 0.843. The molecule has 1 aromatic heterocycles. The summed E-state index contributed by atoms with van der Waals surface area (Å²) in [6.45, 7) is 3.95. The van der Waals surface area contributed by atoms with Gasteiger partial charge in [0.05, 0.1) is 6.10 Å². The van der Waals surface area contributed by atoms with Crippen LogP contribution >= 0.6 is 0 Å². The number of hydrogen-bond acceptors (Lipinski definition) is 4. The average Bonchev–Trinajstić information content (AvgIpc) is 2.57. The van der Waals surface area contributed by atoms with Crippen molar-refractivity contribution in [3.05, 3.63) is 23.5 Å². The van der Waals surface area contributed by atoms with E-state index in [0.717, 1.165) is 43.8 Å². The molecule has 0 amide bonds. The van der Waals surface area contributed by atoms with Crippen LogP contribution in [0.4, 0.5) is 0 Å². The fourth-order valence-corrected chi connectivity index (χ4v) is 2.06. The molecule has 1 unspecified atom stereocenters. The summed E-state index contributed by atoms with van der Waals surface area (Å²) in [5.41, 5.74) is 1.25. The number of nitriles is 1. The Morgan fingerprint density at radius 3 is 3.12 bits per heavy atom.